The third kappa shape index (κ3) is 8.44. The fraction of sp³-hybridized carbons (Fsp3) is 0.700. The molecule has 0 unspecified atom stereocenters. The summed E-state index contributed by atoms with van der Waals surface area (Å²) in [4.78, 5) is 22.4. The molecule has 4 nitrogen and oxygen atoms in total. The second-order valence-electron chi connectivity index (χ2n) is 6.74. The summed E-state index contributed by atoms with van der Waals surface area (Å²) in [6, 6.07) is 0. The molecule has 0 heterocycles. The van der Waals surface area contributed by atoms with E-state index in [1.807, 2.05) is 18.2 Å². The van der Waals surface area contributed by atoms with Crippen molar-refractivity contribution in [3.63, 3.8) is 0 Å². The molecule has 1 aliphatic rings. The minimum atomic E-state index is -0.743. The number of allylic oxidation sites excluding steroid dienone is 3. The van der Waals surface area contributed by atoms with Crippen molar-refractivity contribution in [2.24, 2.45) is 11.8 Å². The van der Waals surface area contributed by atoms with Crippen LogP contribution in [0.4, 0.5) is 0 Å². The summed E-state index contributed by atoms with van der Waals surface area (Å²) in [5.74, 6) is -0.482. The van der Waals surface area contributed by atoms with E-state index in [-0.39, 0.29) is 24.0 Å². The second kappa shape index (κ2) is 12.0. The molecule has 0 fully saturated rings. The number of ketones is 1. The number of aliphatic hydroxyl groups is 1. The van der Waals surface area contributed by atoms with Crippen LogP contribution in [0.5, 0.6) is 0 Å². The van der Waals surface area contributed by atoms with E-state index >= 15 is 0 Å². The number of carboxylic acid groups (broad SMARTS) is 1. The summed E-state index contributed by atoms with van der Waals surface area (Å²) in [5, 5.41) is 18.6. The van der Waals surface area contributed by atoms with E-state index in [9.17, 15) is 14.7 Å². The maximum absolute atomic E-state index is 12.0. The van der Waals surface area contributed by atoms with Gasteiger partial charge in [0.2, 0.25) is 0 Å². The minimum absolute atomic E-state index is 0.0106. The van der Waals surface area contributed by atoms with Crippen LogP contribution in [0.3, 0.4) is 0 Å². The third-order valence-electron chi connectivity index (χ3n) is 4.63. The molecule has 0 aromatic rings. The molecule has 2 N–H and O–H groups in total. The highest BCUT2D eigenvalue weighted by Crippen LogP contribution is 2.29. The van der Waals surface area contributed by atoms with E-state index in [1.165, 1.54) is 0 Å². The zero-order chi connectivity index (χ0) is 17.8. The Kier molecular flexibility index (Phi) is 10.3. The normalized spacial score (nSPS) is 21.7. The summed E-state index contributed by atoms with van der Waals surface area (Å²) >= 11 is 0. The monoisotopic (exact) mass is 336 g/mol. The lowest BCUT2D eigenvalue weighted by molar-refractivity contribution is -0.137. The van der Waals surface area contributed by atoms with Gasteiger partial charge in [-0.1, -0.05) is 63.7 Å². The van der Waals surface area contributed by atoms with Crippen LogP contribution >= 0.6 is 0 Å². The Morgan fingerprint density at radius 3 is 2.67 bits per heavy atom. The molecule has 0 aromatic carbocycles. The molecule has 24 heavy (non-hydrogen) atoms. The standard InChI is InChI=1S/C20H32O4/c1-2-3-6-9-17(21)14-12-16-13-15-19(22)18(16)10-7-4-5-8-11-20(23)24/h12-18,21H,2-11H2,1H3,(H,23,24)/b14-12+/t16-,17+,18-/m0/s1. The average Bonchev–Trinajstić information content (AvgIpc) is 2.89. The first kappa shape index (κ1) is 20.6. The summed E-state index contributed by atoms with van der Waals surface area (Å²) in [7, 11) is 0. The van der Waals surface area contributed by atoms with Gasteiger partial charge in [0.25, 0.3) is 0 Å². The van der Waals surface area contributed by atoms with Gasteiger partial charge in [-0.2, -0.15) is 0 Å². The molecule has 136 valence electrons. The number of hydrogen-bond acceptors (Lipinski definition) is 3. The number of hydrogen-bond donors (Lipinski definition) is 2. The topological polar surface area (TPSA) is 74.6 Å². The fourth-order valence-corrected chi connectivity index (χ4v) is 3.14. The fourth-order valence-electron chi connectivity index (χ4n) is 3.14. The highest BCUT2D eigenvalue weighted by molar-refractivity contribution is 5.94. The van der Waals surface area contributed by atoms with E-state index in [0.717, 1.165) is 51.4 Å². The van der Waals surface area contributed by atoms with Gasteiger partial charge in [0, 0.05) is 18.3 Å². The molecule has 0 saturated carbocycles. The molecule has 1 rings (SSSR count). The zero-order valence-electron chi connectivity index (χ0n) is 14.8. The Morgan fingerprint density at radius 1 is 1.21 bits per heavy atom. The third-order valence-corrected chi connectivity index (χ3v) is 4.63. The molecule has 0 saturated heterocycles. The molecule has 0 spiro atoms. The SMILES string of the molecule is CCCCC[C@@H](O)/C=C/[C@H]1C=CC(=O)[C@H]1CCCCCCC(=O)O. The minimum Gasteiger partial charge on any atom is -0.481 e. The van der Waals surface area contributed by atoms with Crippen LogP contribution in [0.1, 0.15) is 71.1 Å². The lowest BCUT2D eigenvalue weighted by atomic mass is 9.88. The molecule has 0 bridgehead atoms. The van der Waals surface area contributed by atoms with Crippen LogP contribution in [0.25, 0.3) is 0 Å². The number of carbonyl (C=O) groups is 2. The van der Waals surface area contributed by atoms with Gasteiger partial charge >= 0.3 is 5.97 Å². The van der Waals surface area contributed by atoms with Crippen molar-refractivity contribution in [3.8, 4) is 0 Å². The average molecular weight is 336 g/mol. The number of aliphatic hydroxyl groups excluding tert-OH is 1. The van der Waals surface area contributed by atoms with Crippen molar-refractivity contribution >= 4 is 11.8 Å². The van der Waals surface area contributed by atoms with Gasteiger partial charge in [-0.15, -0.1) is 0 Å². The molecule has 0 amide bonds. The highest BCUT2D eigenvalue weighted by atomic mass is 16.4. The number of rotatable bonds is 13. The van der Waals surface area contributed by atoms with Gasteiger partial charge in [0.05, 0.1) is 6.10 Å². The maximum atomic E-state index is 12.0. The van der Waals surface area contributed by atoms with Crippen molar-refractivity contribution < 1.29 is 19.8 Å². The summed E-state index contributed by atoms with van der Waals surface area (Å²) in [6.45, 7) is 2.14. The number of carbonyl (C=O) groups excluding carboxylic acids is 1. The first-order valence-corrected chi connectivity index (χ1v) is 9.34. The number of carboxylic acids is 1. The molecular weight excluding hydrogens is 304 g/mol. The van der Waals surface area contributed by atoms with Crippen LogP contribution in [-0.2, 0) is 9.59 Å². The highest BCUT2D eigenvalue weighted by Gasteiger charge is 2.27. The Hall–Kier alpha value is -1.42. The van der Waals surface area contributed by atoms with Gasteiger partial charge in [0.15, 0.2) is 5.78 Å². The van der Waals surface area contributed by atoms with Crippen LogP contribution < -0.4 is 0 Å². The van der Waals surface area contributed by atoms with Gasteiger partial charge in [-0.05, 0) is 25.3 Å². The summed E-state index contributed by atoms with van der Waals surface area (Å²) < 4.78 is 0. The Balaban J connectivity index is 2.29. The van der Waals surface area contributed by atoms with E-state index in [2.05, 4.69) is 6.92 Å². The Morgan fingerprint density at radius 2 is 1.96 bits per heavy atom. The lowest BCUT2D eigenvalue weighted by Crippen LogP contribution is -2.15. The van der Waals surface area contributed by atoms with E-state index in [1.54, 1.807) is 6.08 Å². The van der Waals surface area contributed by atoms with Gasteiger partial charge in [0.1, 0.15) is 0 Å². The molecule has 0 radical (unpaired) electrons. The van der Waals surface area contributed by atoms with Crippen molar-refractivity contribution in [2.45, 2.75) is 77.2 Å². The predicted molar refractivity (Wildman–Crippen MR) is 95.8 cm³/mol. The van der Waals surface area contributed by atoms with E-state index < -0.39 is 12.1 Å². The number of unbranched alkanes of at least 4 members (excludes halogenated alkanes) is 5. The molecule has 4 heteroatoms. The van der Waals surface area contributed by atoms with Crippen molar-refractivity contribution in [2.75, 3.05) is 0 Å². The van der Waals surface area contributed by atoms with Crippen molar-refractivity contribution in [1.82, 2.24) is 0 Å². The quantitative estimate of drug-likeness (QED) is 0.389. The Bertz CT molecular complexity index is 439. The zero-order valence-corrected chi connectivity index (χ0v) is 14.8. The first-order chi connectivity index (χ1) is 11.5. The second-order valence-corrected chi connectivity index (χ2v) is 6.74. The van der Waals surface area contributed by atoms with Crippen molar-refractivity contribution in [3.05, 3.63) is 24.3 Å². The summed E-state index contributed by atoms with van der Waals surface area (Å²) in [5.41, 5.74) is 0. The first-order valence-electron chi connectivity index (χ1n) is 9.34. The number of aliphatic carboxylic acids is 1. The van der Waals surface area contributed by atoms with Crippen molar-refractivity contribution in [1.29, 1.82) is 0 Å². The van der Waals surface area contributed by atoms with Crippen LogP contribution in [0.2, 0.25) is 0 Å². The molecule has 1 aliphatic carbocycles. The van der Waals surface area contributed by atoms with Crippen LogP contribution in [-0.4, -0.2) is 28.1 Å². The predicted octanol–water partition coefficient (Wildman–Crippen LogP) is 4.28. The molecule has 0 aromatic heterocycles. The smallest absolute Gasteiger partial charge is 0.303 e. The molecular formula is C20H32O4. The molecule has 3 atom stereocenters. The molecule has 0 aliphatic heterocycles. The van der Waals surface area contributed by atoms with Crippen LogP contribution in [0.15, 0.2) is 24.3 Å². The van der Waals surface area contributed by atoms with Crippen LogP contribution in [0, 0.1) is 11.8 Å². The lowest BCUT2D eigenvalue weighted by Gasteiger charge is -2.15. The van der Waals surface area contributed by atoms with Gasteiger partial charge < -0.3 is 10.2 Å². The largest absolute Gasteiger partial charge is 0.481 e. The Labute approximate surface area is 145 Å². The maximum Gasteiger partial charge on any atom is 0.303 e. The van der Waals surface area contributed by atoms with Gasteiger partial charge in [-0.3, -0.25) is 9.59 Å². The van der Waals surface area contributed by atoms with Gasteiger partial charge in [-0.25, -0.2) is 0 Å². The van der Waals surface area contributed by atoms with E-state index in [0.29, 0.717) is 6.42 Å². The van der Waals surface area contributed by atoms with E-state index in [4.69, 9.17) is 5.11 Å². The summed E-state index contributed by atoms with van der Waals surface area (Å²) in [6.07, 6.45) is 15.7.